The van der Waals surface area contributed by atoms with E-state index in [1.807, 2.05) is 32.0 Å². The van der Waals surface area contributed by atoms with Gasteiger partial charge in [-0.3, -0.25) is 14.4 Å². The van der Waals surface area contributed by atoms with E-state index in [0.717, 1.165) is 16.0 Å². The fourth-order valence-electron chi connectivity index (χ4n) is 3.50. The quantitative estimate of drug-likeness (QED) is 0.595. The van der Waals surface area contributed by atoms with Crippen molar-refractivity contribution in [2.75, 3.05) is 23.9 Å². The van der Waals surface area contributed by atoms with Crippen LogP contribution < -0.4 is 19.7 Å². The molecule has 7 heteroatoms. The summed E-state index contributed by atoms with van der Waals surface area (Å²) < 4.78 is 11.0. The number of imide groups is 1. The number of ether oxygens (including phenoxy) is 2. The van der Waals surface area contributed by atoms with E-state index in [2.05, 4.69) is 5.32 Å². The zero-order valence-electron chi connectivity index (χ0n) is 18.0. The maximum atomic E-state index is 12.8. The van der Waals surface area contributed by atoms with E-state index in [0.29, 0.717) is 28.3 Å². The number of hydrogen-bond acceptors (Lipinski definition) is 5. The highest BCUT2D eigenvalue weighted by Gasteiger charge is 2.37. The Labute approximate surface area is 185 Å². The Hall–Kier alpha value is -4.13. The van der Waals surface area contributed by atoms with Gasteiger partial charge in [-0.2, -0.15) is 0 Å². The van der Waals surface area contributed by atoms with E-state index in [9.17, 15) is 14.4 Å². The minimum atomic E-state index is -0.414. The minimum Gasteiger partial charge on any atom is -0.494 e. The van der Waals surface area contributed by atoms with E-state index >= 15 is 0 Å². The summed E-state index contributed by atoms with van der Waals surface area (Å²) in [4.78, 5) is 39.0. The molecule has 1 N–H and O–H groups in total. The molecule has 0 bridgehead atoms. The Morgan fingerprint density at radius 1 is 0.906 bits per heavy atom. The number of benzene rings is 3. The van der Waals surface area contributed by atoms with Crippen molar-refractivity contribution in [3.8, 4) is 11.5 Å². The normalized spacial score (nSPS) is 12.5. The molecule has 0 unspecified atom stereocenters. The van der Waals surface area contributed by atoms with Crippen LogP contribution in [0, 0.1) is 13.8 Å². The van der Waals surface area contributed by atoms with Crippen LogP contribution in [0.25, 0.3) is 0 Å². The first-order valence-electron chi connectivity index (χ1n) is 10.0. The largest absolute Gasteiger partial charge is 0.494 e. The van der Waals surface area contributed by atoms with E-state index in [1.165, 1.54) is 7.11 Å². The highest BCUT2D eigenvalue weighted by molar-refractivity contribution is 6.34. The number of nitrogens with zero attached hydrogens (tertiary/aromatic N) is 1. The second-order valence-corrected chi connectivity index (χ2v) is 7.46. The Morgan fingerprint density at radius 3 is 2.22 bits per heavy atom. The van der Waals surface area contributed by atoms with Gasteiger partial charge in [-0.05, 0) is 61.4 Å². The fourth-order valence-corrected chi connectivity index (χ4v) is 3.50. The number of anilines is 2. The van der Waals surface area contributed by atoms with Crippen molar-refractivity contribution in [2.24, 2.45) is 0 Å². The van der Waals surface area contributed by atoms with Gasteiger partial charge in [-0.25, -0.2) is 4.90 Å². The molecule has 3 aromatic carbocycles. The van der Waals surface area contributed by atoms with Crippen molar-refractivity contribution in [1.29, 1.82) is 0 Å². The molecular weight excluding hydrogens is 408 g/mol. The topological polar surface area (TPSA) is 84.9 Å². The molecule has 3 amide bonds. The molecular formula is C25H22N2O5. The van der Waals surface area contributed by atoms with Gasteiger partial charge in [0.1, 0.15) is 11.5 Å². The number of nitrogens with one attached hydrogen (secondary N) is 1. The molecule has 7 nitrogen and oxygen atoms in total. The number of carbonyl (C=O) groups is 3. The van der Waals surface area contributed by atoms with Crippen molar-refractivity contribution in [1.82, 2.24) is 0 Å². The molecule has 1 heterocycles. The third-order valence-electron chi connectivity index (χ3n) is 5.35. The standard InChI is InChI=1S/C25H22N2O5/c1-15-8-10-18(12-16(15)2)32-14-23(28)26-17-9-11-21(22(13-17)31-3)27-24(29)19-6-4-5-7-20(19)25(27)30/h4-13H,14H2,1-3H3,(H,26,28). The van der Waals surface area contributed by atoms with Gasteiger partial charge in [0.15, 0.2) is 6.61 Å². The van der Waals surface area contributed by atoms with Gasteiger partial charge in [-0.15, -0.1) is 0 Å². The van der Waals surface area contributed by atoms with Crippen molar-refractivity contribution < 1.29 is 23.9 Å². The minimum absolute atomic E-state index is 0.162. The van der Waals surface area contributed by atoms with E-state index in [-0.39, 0.29) is 18.3 Å². The molecule has 1 aliphatic heterocycles. The number of aryl methyl sites for hydroxylation is 2. The molecule has 0 saturated carbocycles. The smallest absolute Gasteiger partial charge is 0.266 e. The number of methoxy groups -OCH3 is 1. The molecule has 4 rings (SSSR count). The number of carbonyl (C=O) groups excluding carboxylic acids is 3. The monoisotopic (exact) mass is 430 g/mol. The molecule has 0 atom stereocenters. The van der Waals surface area contributed by atoms with Crippen LogP contribution in [0.15, 0.2) is 60.7 Å². The third kappa shape index (κ3) is 3.92. The average Bonchev–Trinajstić information content (AvgIpc) is 3.05. The molecule has 0 aromatic heterocycles. The third-order valence-corrected chi connectivity index (χ3v) is 5.35. The Balaban J connectivity index is 1.48. The zero-order valence-corrected chi connectivity index (χ0v) is 18.0. The second kappa shape index (κ2) is 8.55. The maximum absolute atomic E-state index is 12.8. The summed E-state index contributed by atoms with van der Waals surface area (Å²) in [6, 6.07) is 17.0. The van der Waals surface area contributed by atoms with Crippen molar-refractivity contribution >= 4 is 29.1 Å². The summed E-state index contributed by atoms with van der Waals surface area (Å²) in [7, 11) is 1.44. The molecule has 0 fully saturated rings. The van der Waals surface area contributed by atoms with Crippen LogP contribution in [0.1, 0.15) is 31.8 Å². The lowest BCUT2D eigenvalue weighted by Gasteiger charge is -2.18. The van der Waals surface area contributed by atoms with E-state index in [1.54, 1.807) is 42.5 Å². The van der Waals surface area contributed by atoms with Gasteiger partial charge >= 0.3 is 0 Å². The van der Waals surface area contributed by atoms with Gasteiger partial charge in [0.2, 0.25) is 0 Å². The Bertz CT molecular complexity index is 1200. The summed E-state index contributed by atoms with van der Waals surface area (Å²) in [6.45, 7) is 3.82. The molecule has 0 saturated heterocycles. The summed E-state index contributed by atoms with van der Waals surface area (Å²) in [5.41, 5.74) is 3.68. The molecule has 3 aromatic rings. The van der Waals surface area contributed by atoms with Crippen LogP contribution in [-0.4, -0.2) is 31.4 Å². The van der Waals surface area contributed by atoms with Gasteiger partial charge in [0.25, 0.3) is 17.7 Å². The molecule has 1 aliphatic rings. The number of fused-ring (bicyclic) bond motifs is 1. The summed E-state index contributed by atoms with van der Waals surface area (Å²) >= 11 is 0. The summed E-state index contributed by atoms with van der Waals surface area (Å²) in [5, 5.41) is 2.74. The highest BCUT2D eigenvalue weighted by Crippen LogP contribution is 2.36. The molecule has 0 spiro atoms. The maximum Gasteiger partial charge on any atom is 0.266 e. The highest BCUT2D eigenvalue weighted by atomic mass is 16.5. The van der Waals surface area contributed by atoms with E-state index in [4.69, 9.17) is 9.47 Å². The van der Waals surface area contributed by atoms with Crippen molar-refractivity contribution in [2.45, 2.75) is 13.8 Å². The lowest BCUT2D eigenvalue weighted by molar-refractivity contribution is -0.118. The zero-order chi connectivity index (χ0) is 22.8. The Morgan fingerprint density at radius 2 is 1.59 bits per heavy atom. The lowest BCUT2D eigenvalue weighted by atomic mass is 10.1. The average molecular weight is 430 g/mol. The molecule has 0 aliphatic carbocycles. The van der Waals surface area contributed by atoms with Gasteiger partial charge in [0.05, 0.1) is 23.9 Å². The molecule has 0 radical (unpaired) electrons. The number of hydrogen-bond donors (Lipinski definition) is 1. The number of amides is 3. The van der Waals surface area contributed by atoms with Gasteiger partial charge in [0, 0.05) is 11.8 Å². The van der Waals surface area contributed by atoms with Crippen molar-refractivity contribution in [3.63, 3.8) is 0 Å². The SMILES string of the molecule is COc1cc(NC(=O)COc2ccc(C)c(C)c2)ccc1N1C(=O)c2ccccc2C1=O. The predicted molar refractivity (Wildman–Crippen MR) is 121 cm³/mol. The van der Waals surface area contributed by atoms with Gasteiger partial charge < -0.3 is 14.8 Å². The number of rotatable bonds is 6. The van der Waals surface area contributed by atoms with Crippen LogP contribution in [0.3, 0.4) is 0 Å². The van der Waals surface area contributed by atoms with Crippen LogP contribution in [0.4, 0.5) is 11.4 Å². The summed E-state index contributed by atoms with van der Waals surface area (Å²) in [6.07, 6.45) is 0. The Kier molecular flexibility index (Phi) is 5.64. The van der Waals surface area contributed by atoms with Crippen LogP contribution >= 0.6 is 0 Å². The van der Waals surface area contributed by atoms with E-state index < -0.39 is 11.8 Å². The van der Waals surface area contributed by atoms with Gasteiger partial charge in [-0.1, -0.05) is 18.2 Å². The predicted octanol–water partition coefficient (Wildman–Crippen LogP) is 4.13. The van der Waals surface area contributed by atoms with Crippen LogP contribution in [0.2, 0.25) is 0 Å². The van der Waals surface area contributed by atoms with Crippen LogP contribution in [0.5, 0.6) is 11.5 Å². The summed E-state index contributed by atoms with van der Waals surface area (Å²) in [5.74, 6) is -0.280. The first-order chi connectivity index (χ1) is 15.4. The first kappa shape index (κ1) is 21.1. The van der Waals surface area contributed by atoms with Crippen LogP contribution in [-0.2, 0) is 4.79 Å². The molecule has 162 valence electrons. The molecule has 32 heavy (non-hydrogen) atoms. The fraction of sp³-hybridized carbons (Fsp3) is 0.160. The second-order valence-electron chi connectivity index (χ2n) is 7.46. The first-order valence-corrected chi connectivity index (χ1v) is 10.0. The lowest BCUT2D eigenvalue weighted by Crippen LogP contribution is -2.29. The van der Waals surface area contributed by atoms with Crippen molar-refractivity contribution in [3.05, 3.63) is 82.9 Å².